The molecule has 0 spiro atoms. The van der Waals surface area contributed by atoms with Gasteiger partial charge in [-0.05, 0) is 47.4 Å². The summed E-state index contributed by atoms with van der Waals surface area (Å²) in [6.07, 6.45) is 2.33. The number of hydrogen-bond acceptors (Lipinski definition) is 4. The van der Waals surface area contributed by atoms with E-state index in [2.05, 4.69) is 12.2 Å². The zero-order valence-electron chi connectivity index (χ0n) is 21.5. The lowest BCUT2D eigenvalue weighted by Gasteiger charge is -2.31. The summed E-state index contributed by atoms with van der Waals surface area (Å²) in [6.45, 7) is 3.01. The molecule has 0 aromatic heterocycles. The van der Waals surface area contributed by atoms with Gasteiger partial charge in [0.05, 0.1) is 12.9 Å². The van der Waals surface area contributed by atoms with Gasteiger partial charge in [0.25, 0.3) is 0 Å². The van der Waals surface area contributed by atoms with Gasteiger partial charge in [0.15, 0.2) is 0 Å². The number of thioether (sulfide) groups is 1. The summed E-state index contributed by atoms with van der Waals surface area (Å²) in [6, 6.07) is 24.5. The maximum Gasteiger partial charge on any atom is 0.243 e. The molecule has 0 heterocycles. The summed E-state index contributed by atoms with van der Waals surface area (Å²) in [7, 11) is 1.64. The van der Waals surface area contributed by atoms with Crippen LogP contribution in [0.2, 0.25) is 5.02 Å². The van der Waals surface area contributed by atoms with Crippen molar-refractivity contribution >= 4 is 35.2 Å². The molecule has 3 aromatic carbocycles. The van der Waals surface area contributed by atoms with Crippen molar-refractivity contribution in [3.05, 3.63) is 101 Å². The van der Waals surface area contributed by atoms with Crippen molar-refractivity contribution in [2.24, 2.45) is 0 Å². The van der Waals surface area contributed by atoms with Gasteiger partial charge in [0.1, 0.15) is 11.8 Å². The summed E-state index contributed by atoms with van der Waals surface area (Å²) in [5.41, 5.74) is 3.05. The molecule has 2 amide bonds. The first-order valence-electron chi connectivity index (χ1n) is 12.6. The van der Waals surface area contributed by atoms with E-state index >= 15 is 0 Å². The van der Waals surface area contributed by atoms with Crippen molar-refractivity contribution in [2.75, 3.05) is 19.4 Å². The number of nitrogens with one attached hydrogen (secondary N) is 1. The van der Waals surface area contributed by atoms with Crippen LogP contribution in [0.4, 0.5) is 0 Å². The van der Waals surface area contributed by atoms with E-state index in [0.717, 1.165) is 35.3 Å². The van der Waals surface area contributed by atoms with Gasteiger partial charge >= 0.3 is 0 Å². The number of ether oxygens (including phenoxy) is 1. The normalized spacial score (nSPS) is 11.5. The van der Waals surface area contributed by atoms with Crippen molar-refractivity contribution in [3.8, 4) is 5.75 Å². The van der Waals surface area contributed by atoms with Crippen molar-refractivity contribution in [1.82, 2.24) is 10.2 Å². The first-order chi connectivity index (χ1) is 18.0. The third-order valence-electron chi connectivity index (χ3n) is 6.02. The molecule has 7 heteroatoms. The highest BCUT2D eigenvalue weighted by atomic mass is 35.5. The number of halogens is 1. The van der Waals surface area contributed by atoms with Crippen molar-refractivity contribution in [2.45, 2.75) is 44.5 Å². The highest BCUT2D eigenvalue weighted by Crippen LogP contribution is 2.20. The molecule has 0 fully saturated rings. The predicted molar refractivity (Wildman–Crippen MR) is 153 cm³/mol. The molecule has 3 aromatic rings. The van der Waals surface area contributed by atoms with E-state index in [1.54, 1.807) is 23.8 Å². The Hall–Kier alpha value is -2.96. The smallest absolute Gasteiger partial charge is 0.243 e. The molecule has 5 nitrogen and oxygen atoms in total. The Morgan fingerprint density at radius 3 is 2.27 bits per heavy atom. The van der Waals surface area contributed by atoms with Crippen LogP contribution in [0.3, 0.4) is 0 Å². The minimum absolute atomic E-state index is 0.0694. The average molecular weight is 539 g/mol. The van der Waals surface area contributed by atoms with E-state index in [-0.39, 0.29) is 17.6 Å². The van der Waals surface area contributed by atoms with Gasteiger partial charge in [0.2, 0.25) is 11.8 Å². The Morgan fingerprint density at radius 2 is 1.62 bits per heavy atom. The van der Waals surface area contributed by atoms with E-state index in [4.69, 9.17) is 16.3 Å². The minimum Gasteiger partial charge on any atom is -0.497 e. The van der Waals surface area contributed by atoms with E-state index in [1.165, 1.54) is 0 Å². The summed E-state index contributed by atoms with van der Waals surface area (Å²) in [5, 5.41) is 3.69. The van der Waals surface area contributed by atoms with Crippen molar-refractivity contribution in [1.29, 1.82) is 0 Å². The molecule has 0 aliphatic carbocycles. The lowest BCUT2D eigenvalue weighted by Crippen LogP contribution is -2.51. The molecule has 3 rings (SSSR count). The van der Waals surface area contributed by atoms with E-state index in [9.17, 15) is 9.59 Å². The molecule has 1 atom stereocenters. The molecule has 0 radical (unpaired) electrons. The summed E-state index contributed by atoms with van der Waals surface area (Å²) >= 11 is 7.63. The number of benzene rings is 3. The molecule has 0 aliphatic rings. The SMILES string of the molecule is CCCCNC(=O)[C@@H](Cc1ccccc1)N(Cc1ccc(Cl)cc1)C(=O)CSCc1ccc(OC)cc1. The zero-order valence-corrected chi connectivity index (χ0v) is 23.1. The topological polar surface area (TPSA) is 58.6 Å². The van der Waals surface area contributed by atoms with Crippen LogP contribution in [0.1, 0.15) is 36.5 Å². The number of carbonyl (C=O) groups is 2. The number of nitrogens with zero attached hydrogens (tertiary/aromatic N) is 1. The molecule has 1 N–H and O–H groups in total. The Labute approximate surface area is 229 Å². The Balaban J connectivity index is 1.80. The number of amides is 2. The number of methoxy groups -OCH3 is 1. The van der Waals surface area contributed by atoms with Crippen LogP contribution in [-0.2, 0) is 28.3 Å². The molecular formula is C30H35ClN2O3S. The lowest BCUT2D eigenvalue weighted by molar-refractivity contribution is -0.139. The number of rotatable bonds is 14. The highest BCUT2D eigenvalue weighted by Gasteiger charge is 2.30. The van der Waals surface area contributed by atoms with E-state index in [0.29, 0.717) is 30.3 Å². The van der Waals surface area contributed by atoms with Crippen LogP contribution >= 0.6 is 23.4 Å². The van der Waals surface area contributed by atoms with Gasteiger partial charge in [-0.15, -0.1) is 11.8 Å². The fourth-order valence-corrected chi connectivity index (χ4v) is 4.90. The summed E-state index contributed by atoms with van der Waals surface area (Å²) in [4.78, 5) is 28.8. The van der Waals surface area contributed by atoms with Gasteiger partial charge in [0, 0.05) is 30.3 Å². The number of carbonyl (C=O) groups excluding carboxylic acids is 2. The van der Waals surface area contributed by atoms with Crippen molar-refractivity contribution in [3.63, 3.8) is 0 Å². The van der Waals surface area contributed by atoms with Crippen LogP contribution in [-0.4, -0.2) is 42.2 Å². The summed E-state index contributed by atoms with van der Waals surface area (Å²) < 4.78 is 5.23. The lowest BCUT2D eigenvalue weighted by atomic mass is 10.0. The minimum atomic E-state index is -0.621. The van der Waals surface area contributed by atoms with Crippen LogP contribution in [0, 0.1) is 0 Å². The highest BCUT2D eigenvalue weighted by molar-refractivity contribution is 7.99. The fraction of sp³-hybridized carbons (Fsp3) is 0.333. The first kappa shape index (κ1) is 28.6. The molecule has 196 valence electrons. The van der Waals surface area contributed by atoms with Crippen LogP contribution in [0.5, 0.6) is 5.75 Å². The maximum absolute atomic E-state index is 13.7. The Kier molecular flexibility index (Phi) is 11.9. The Bertz CT molecular complexity index is 1110. The molecule has 0 saturated carbocycles. The largest absolute Gasteiger partial charge is 0.497 e. The third-order valence-corrected chi connectivity index (χ3v) is 7.26. The van der Waals surface area contributed by atoms with Gasteiger partial charge in [-0.1, -0.05) is 79.5 Å². The van der Waals surface area contributed by atoms with Gasteiger partial charge in [-0.25, -0.2) is 0 Å². The van der Waals surface area contributed by atoms with E-state index < -0.39 is 6.04 Å². The standard InChI is InChI=1S/C30H35ClN2O3S/c1-3-4-18-32-30(35)28(19-23-8-6-5-7-9-23)33(20-24-10-14-26(31)15-11-24)29(34)22-37-21-25-12-16-27(36-2)17-13-25/h5-17,28H,3-4,18-22H2,1-2H3,(H,32,35)/t28-/m1/s1. The predicted octanol–water partition coefficient (Wildman–Crippen LogP) is 6.14. The molecule has 0 bridgehead atoms. The second-order valence-corrected chi connectivity index (χ2v) is 10.3. The molecule has 0 unspecified atom stereocenters. The maximum atomic E-state index is 13.7. The quantitative estimate of drug-likeness (QED) is 0.250. The molecule has 0 saturated heterocycles. The van der Waals surface area contributed by atoms with Crippen LogP contribution in [0.15, 0.2) is 78.9 Å². The molecular weight excluding hydrogens is 504 g/mol. The van der Waals surface area contributed by atoms with Crippen LogP contribution in [0.25, 0.3) is 0 Å². The summed E-state index contributed by atoms with van der Waals surface area (Å²) in [5.74, 6) is 1.57. The zero-order chi connectivity index (χ0) is 26.5. The number of unbranched alkanes of at least 4 members (excludes halogenated alkanes) is 1. The molecule has 0 aliphatic heterocycles. The van der Waals surface area contributed by atoms with Crippen molar-refractivity contribution < 1.29 is 14.3 Å². The fourth-order valence-electron chi connectivity index (χ4n) is 3.91. The molecule has 37 heavy (non-hydrogen) atoms. The van der Waals surface area contributed by atoms with E-state index in [1.807, 2.05) is 78.9 Å². The van der Waals surface area contributed by atoms with Gasteiger partial charge < -0.3 is 15.0 Å². The average Bonchev–Trinajstić information content (AvgIpc) is 2.92. The third kappa shape index (κ3) is 9.45. The first-order valence-corrected chi connectivity index (χ1v) is 14.1. The van der Waals surface area contributed by atoms with Crippen LogP contribution < -0.4 is 10.1 Å². The van der Waals surface area contributed by atoms with Gasteiger partial charge in [-0.3, -0.25) is 9.59 Å². The Morgan fingerprint density at radius 1 is 0.946 bits per heavy atom. The van der Waals surface area contributed by atoms with Gasteiger partial charge in [-0.2, -0.15) is 0 Å². The second-order valence-electron chi connectivity index (χ2n) is 8.84. The number of hydrogen-bond donors (Lipinski definition) is 1. The monoisotopic (exact) mass is 538 g/mol. The second kappa shape index (κ2) is 15.3.